The molecule has 4 heteroatoms. The van der Waals surface area contributed by atoms with Crippen molar-refractivity contribution in [2.24, 2.45) is 5.92 Å². The first-order valence-electron chi connectivity index (χ1n) is 7.68. The number of rotatable bonds is 4. The number of thiazole rings is 1. The molecule has 0 saturated carbocycles. The Balaban J connectivity index is 1.64. The van der Waals surface area contributed by atoms with Gasteiger partial charge in [-0.15, -0.1) is 11.3 Å². The number of allylic oxidation sites excluding steroid dienone is 2. The topological polar surface area (TPSA) is 42.0 Å². The Bertz CT molecular complexity index is 676. The fourth-order valence-electron chi connectivity index (χ4n) is 2.64. The van der Waals surface area contributed by atoms with Crippen LogP contribution in [-0.2, 0) is 11.3 Å². The van der Waals surface area contributed by atoms with Crippen LogP contribution in [0.5, 0.6) is 0 Å². The van der Waals surface area contributed by atoms with Gasteiger partial charge in [0.25, 0.3) is 0 Å². The molecule has 3 nitrogen and oxygen atoms in total. The van der Waals surface area contributed by atoms with Crippen molar-refractivity contribution in [3.8, 4) is 10.6 Å². The van der Waals surface area contributed by atoms with Gasteiger partial charge in [0.05, 0.1) is 12.2 Å². The van der Waals surface area contributed by atoms with Crippen LogP contribution < -0.4 is 5.32 Å². The van der Waals surface area contributed by atoms with Crippen molar-refractivity contribution in [1.29, 1.82) is 0 Å². The lowest BCUT2D eigenvalue weighted by molar-refractivity contribution is -0.125. The van der Waals surface area contributed by atoms with Crippen LogP contribution in [0.25, 0.3) is 10.6 Å². The first-order chi connectivity index (χ1) is 10.7. The second kappa shape index (κ2) is 6.88. The minimum Gasteiger partial charge on any atom is -0.351 e. The molecule has 1 aliphatic rings. The number of amides is 1. The highest BCUT2D eigenvalue weighted by Crippen LogP contribution is 2.27. The van der Waals surface area contributed by atoms with Crippen LogP contribution in [-0.4, -0.2) is 10.9 Å². The summed E-state index contributed by atoms with van der Waals surface area (Å²) in [7, 11) is 0. The molecular weight excluding hydrogens is 292 g/mol. The zero-order valence-corrected chi connectivity index (χ0v) is 13.5. The summed E-state index contributed by atoms with van der Waals surface area (Å²) in [5.74, 6) is 0.297. The van der Waals surface area contributed by atoms with Gasteiger partial charge in [0, 0.05) is 16.4 Å². The van der Waals surface area contributed by atoms with Crippen molar-refractivity contribution < 1.29 is 4.79 Å². The van der Waals surface area contributed by atoms with Gasteiger partial charge in [0.1, 0.15) is 5.01 Å². The molecule has 22 heavy (non-hydrogen) atoms. The third kappa shape index (κ3) is 3.45. The van der Waals surface area contributed by atoms with Crippen molar-refractivity contribution in [3.63, 3.8) is 0 Å². The summed E-state index contributed by atoms with van der Waals surface area (Å²) in [6.45, 7) is 2.59. The molecule has 1 aromatic carbocycles. The zero-order chi connectivity index (χ0) is 15.4. The van der Waals surface area contributed by atoms with Crippen LogP contribution in [0.2, 0.25) is 0 Å². The molecule has 114 valence electrons. The molecule has 1 heterocycles. The molecule has 0 spiro atoms. The summed E-state index contributed by atoms with van der Waals surface area (Å²) in [5, 5.41) is 4.09. The second-order valence-electron chi connectivity index (χ2n) is 5.59. The number of carbonyl (C=O) groups excluding carboxylic acids is 1. The zero-order valence-electron chi connectivity index (χ0n) is 12.7. The summed E-state index contributed by atoms with van der Waals surface area (Å²) >= 11 is 1.66. The smallest absolute Gasteiger partial charge is 0.223 e. The van der Waals surface area contributed by atoms with Gasteiger partial charge in [-0.3, -0.25) is 4.79 Å². The first-order valence-corrected chi connectivity index (χ1v) is 8.50. The molecule has 0 radical (unpaired) electrons. The normalized spacial score (nSPS) is 17.4. The maximum absolute atomic E-state index is 12.2. The van der Waals surface area contributed by atoms with Gasteiger partial charge in [-0.1, -0.05) is 42.5 Å². The van der Waals surface area contributed by atoms with Crippen molar-refractivity contribution in [2.45, 2.75) is 32.7 Å². The molecule has 1 aliphatic carbocycles. The molecule has 1 atom stereocenters. The number of aryl methyl sites for hydroxylation is 1. The quantitative estimate of drug-likeness (QED) is 0.864. The van der Waals surface area contributed by atoms with Gasteiger partial charge < -0.3 is 5.32 Å². The first kappa shape index (κ1) is 15.0. The average Bonchev–Trinajstić information content (AvgIpc) is 2.95. The van der Waals surface area contributed by atoms with Crippen LogP contribution in [0.4, 0.5) is 0 Å². The Morgan fingerprint density at radius 3 is 2.86 bits per heavy atom. The molecule has 3 rings (SSSR count). The van der Waals surface area contributed by atoms with E-state index in [1.54, 1.807) is 11.3 Å². The second-order valence-corrected chi connectivity index (χ2v) is 6.68. The molecule has 0 fully saturated rings. The van der Waals surface area contributed by atoms with E-state index in [4.69, 9.17) is 0 Å². The molecule has 1 unspecified atom stereocenters. The maximum atomic E-state index is 12.2. The predicted molar refractivity (Wildman–Crippen MR) is 90.6 cm³/mol. The largest absolute Gasteiger partial charge is 0.351 e. The molecule has 1 aromatic heterocycles. The van der Waals surface area contributed by atoms with Crippen LogP contribution in [0.15, 0.2) is 42.5 Å². The van der Waals surface area contributed by atoms with Gasteiger partial charge in [0.15, 0.2) is 0 Å². The summed E-state index contributed by atoms with van der Waals surface area (Å²) in [6, 6.07) is 10.2. The van der Waals surface area contributed by atoms with Crippen LogP contribution in [0, 0.1) is 12.8 Å². The van der Waals surface area contributed by atoms with E-state index in [9.17, 15) is 4.79 Å². The van der Waals surface area contributed by atoms with Crippen molar-refractivity contribution in [3.05, 3.63) is 53.1 Å². The Labute approximate surface area is 135 Å². The Hall–Kier alpha value is -1.94. The number of nitrogens with one attached hydrogen (secondary N) is 1. The molecule has 0 saturated heterocycles. The van der Waals surface area contributed by atoms with Crippen molar-refractivity contribution in [2.75, 3.05) is 0 Å². The highest BCUT2D eigenvalue weighted by atomic mass is 32.1. The number of nitrogens with zero attached hydrogens (tertiary/aromatic N) is 1. The number of hydrogen-bond donors (Lipinski definition) is 1. The standard InChI is InChI=1S/C18H20N2OS/c1-13-16(12-19-17(21)14-8-4-2-5-9-14)22-18(20-13)15-10-6-3-7-11-15/h2-4,6-7,10-11,14H,5,8-9,12H2,1H3,(H,19,21). The molecule has 1 N–H and O–H groups in total. The van der Waals surface area contributed by atoms with E-state index in [0.717, 1.165) is 40.4 Å². The van der Waals surface area contributed by atoms with Gasteiger partial charge in [-0.2, -0.15) is 0 Å². The lowest BCUT2D eigenvalue weighted by Crippen LogP contribution is -2.30. The molecule has 0 bridgehead atoms. The van der Waals surface area contributed by atoms with Crippen LogP contribution >= 0.6 is 11.3 Å². The lowest BCUT2D eigenvalue weighted by atomic mass is 9.94. The van der Waals surface area contributed by atoms with E-state index < -0.39 is 0 Å². The summed E-state index contributed by atoms with van der Waals surface area (Å²) in [4.78, 5) is 18.0. The maximum Gasteiger partial charge on any atom is 0.223 e. The lowest BCUT2D eigenvalue weighted by Gasteiger charge is -2.16. The summed E-state index contributed by atoms with van der Waals surface area (Å²) in [6.07, 6.45) is 7.10. The minimum absolute atomic E-state index is 0.131. The van der Waals surface area contributed by atoms with Gasteiger partial charge >= 0.3 is 0 Å². The third-order valence-corrected chi connectivity index (χ3v) is 5.18. The van der Waals surface area contributed by atoms with E-state index in [2.05, 4.69) is 34.6 Å². The van der Waals surface area contributed by atoms with Crippen molar-refractivity contribution >= 4 is 17.2 Å². The van der Waals surface area contributed by atoms with Gasteiger partial charge in [0.2, 0.25) is 5.91 Å². The van der Waals surface area contributed by atoms with E-state index in [1.807, 2.05) is 25.1 Å². The third-order valence-electron chi connectivity index (χ3n) is 3.98. The van der Waals surface area contributed by atoms with E-state index in [1.165, 1.54) is 0 Å². The fourth-order valence-corrected chi connectivity index (χ4v) is 3.65. The molecule has 2 aromatic rings. The number of aromatic nitrogens is 1. The predicted octanol–water partition coefficient (Wildman–Crippen LogP) is 4.09. The number of hydrogen-bond acceptors (Lipinski definition) is 3. The Kier molecular flexibility index (Phi) is 4.68. The minimum atomic E-state index is 0.131. The molecular formula is C18H20N2OS. The Morgan fingerprint density at radius 1 is 1.32 bits per heavy atom. The highest BCUT2D eigenvalue weighted by molar-refractivity contribution is 7.15. The van der Waals surface area contributed by atoms with E-state index in [0.29, 0.717) is 6.54 Å². The highest BCUT2D eigenvalue weighted by Gasteiger charge is 2.19. The number of carbonyl (C=O) groups is 1. The summed E-state index contributed by atoms with van der Waals surface area (Å²) in [5.41, 5.74) is 2.14. The summed E-state index contributed by atoms with van der Waals surface area (Å²) < 4.78 is 0. The Morgan fingerprint density at radius 2 is 2.14 bits per heavy atom. The van der Waals surface area contributed by atoms with Gasteiger partial charge in [-0.25, -0.2) is 4.98 Å². The number of benzene rings is 1. The van der Waals surface area contributed by atoms with Crippen LogP contribution in [0.3, 0.4) is 0 Å². The average molecular weight is 312 g/mol. The van der Waals surface area contributed by atoms with E-state index in [-0.39, 0.29) is 11.8 Å². The van der Waals surface area contributed by atoms with Crippen LogP contribution in [0.1, 0.15) is 29.8 Å². The monoisotopic (exact) mass is 312 g/mol. The van der Waals surface area contributed by atoms with E-state index >= 15 is 0 Å². The van der Waals surface area contributed by atoms with Gasteiger partial charge in [-0.05, 0) is 26.2 Å². The van der Waals surface area contributed by atoms with Crippen molar-refractivity contribution in [1.82, 2.24) is 10.3 Å². The SMILES string of the molecule is Cc1nc(-c2ccccc2)sc1CNC(=O)C1CC=CCC1. The molecule has 0 aliphatic heterocycles. The fraction of sp³-hybridized carbons (Fsp3) is 0.333. The molecule has 1 amide bonds.